The number of hydrogen-bond acceptors (Lipinski definition) is 4. The van der Waals surface area contributed by atoms with Crippen LogP contribution in [0.2, 0.25) is 0 Å². The quantitative estimate of drug-likeness (QED) is 0.160. The lowest BCUT2D eigenvalue weighted by molar-refractivity contribution is -0.116. The molecule has 0 saturated carbocycles. The highest BCUT2D eigenvalue weighted by atomic mass is 127. The Morgan fingerprint density at radius 3 is 2.58 bits per heavy atom. The maximum absolute atomic E-state index is 11.7. The molecular weight excluding hydrogens is 507 g/mol. The van der Waals surface area contributed by atoms with Gasteiger partial charge in [0.05, 0.1) is 6.54 Å². The van der Waals surface area contributed by atoms with Crippen LogP contribution in [0.15, 0.2) is 29.3 Å². The second kappa shape index (κ2) is 17.2. The number of hydrogen-bond donors (Lipinski definition) is 3. The van der Waals surface area contributed by atoms with E-state index in [-0.39, 0.29) is 29.9 Å². The summed E-state index contributed by atoms with van der Waals surface area (Å²) in [6, 6.07) is 7.85. The minimum Gasteiger partial charge on any atom is -0.381 e. The zero-order valence-electron chi connectivity index (χ0n) is 19.0. The Balaban J connectivity index is 0.00000480. The van der Waals surface area contributed by atoms with Crippen molar-refractivity contribution in [1.82, 2.24) is 10.6 Å². The SMILES string of the molecule is CCCC(=O)Nc1ccc(CN=C(NCC)NCCCOCC2CCOCC2)cc1.I. The van der Waals surface area contributed by atoms with E-state index in [9.17, 15) is 4.79 Å². The van der Waals surface area contributed by atoms with Crippen molar-refractivity contribution in [1.29, 1.82) is 0 Å². The zero-order valence-corrected chi connectivity index (χ0v) is 21.3. The first-order valence-electron chi connectivity index (χ1n) is 11.3. The highest BCUT2D eigenvalue weighted by molar-refractivity contribution is 14.0. The normalized spacial score (nSPS) is 14.6. The van der Waals surface area contributed by atoms with Gasteiger partial charge >= 0.3 is 0 Å². The maximum Gasteiger partial charge on any atom is 0.224 e. The molecule has 7 nitrogen and oxygen atoms in total. The topological polar surface area (TPSA) is 84.0 Å². The molecule has 1 saturated heterocycles. The number of carbonyl (C=O) groups excluding carboxylic acids is 1. The number of guanidine groups is 1. The number of ether oxygens (including phenoxy) is 2. The Bertz CT molecular complexity index is 634. The summed E-state index contributed by atoms with van der Waals surface area (Å²) in [6.45, 7) is 9.61. The summed E-state index contributed by atoms with van der Waals surface area (Å²) in [5, 5.41) is 9.54. The van der Waals surface area contributed by atoms with E-state index in [1.807, 2.05) is 31.2 Å². The molecule has 1 aromatic rings. The van der Waals surface area contributed by atoms with Crippen LogP contribution in [0.25, 0.3) is 0 Å². The average molecular weight is 546 g/mol. The molecule has 0 spiro atoms. The van der Waals surface area contributed by atoms with Gasteiger partial charge in [0.2, 0.25) is 5.91 Å². The van der Waals surface area contributed by atoms with Gasteiger partial charge in [-0.2, -0.15) is 0 Å². The van der Waals surface area contributed by atoms with E-state index in [1.54, 1.807) is 0 Å². The van der Waals surface area contributed by atoms with Crippen molar-refractivity contribution in [2.45, 2.75) is 52.5 Å². The molecule has 1 aliphatic rings. The number of nitrogens with one attached hydrogen (secondary N) is 3. The molecule has 0 unspecified atom stereocenters. The van der Waals surface area contributed by atoms with Crippen LogP contribution in [0, 0.1) is 5.92 Å². The Hall–Kier alpha value is -1.39. The fourth-order valence-corrected chi connectivity index (χ4v) is 3.20. The van der Waals surface area contributed by atoms with Crippen LogP contribution >= 0.6 is 24.0 Å². The summed E-state index contributed by atoms with van der Waals surface area (Å²) < 4.78 is 11.2. The third-order valence-corrected chi connectivity index (χ3v) is 4.93. The van der Waals surface area contributed by atoms with Gasteiger partial charge in [-0.1, -0.05) is 19.1 Å². The Morgan fingerprint density at radius 2 is 1.90 bits per heavy atom. The third-order valence-electron chi connectivity index (χ3n) is 4.93. The Kier molecular flexibility index (Phi) is 15.3. The summed E-state index contributed by atoms with van der Waals surface area (Å²) in [4.78, 5) is 16.3. The first-order chi connectivity index (χ1) is 14.7. The first kappa shape index (κ1) is 27.6. The lowest BCUT2D eigenvalue weighted by Gasteiger charge is -2.21. The number of nitrogens with zero attached hydrogens (tertiary/aromatic N) is 1. The molecule has 1 aromatic carbocycles. The van der Waals surface area contributed by atoms with Crippen LogP contribution in [-0.2, 0) is 20.8 Å². The number of halogens is 1. The smallest absolute Gasteiger partial charge is 0.224 e. The number of anilines is 1. The molecule has 0 radical (unpaired) electrons. The molecule has 0 aromatic heterocycles. The van der Waals surface area contributed by atoms with Gasteiger partial charge in [0.25, 0.3) is 0 Å². The molecule has 0 aliphatic carbocycles. The van der Waals surface area contributed by atoms with Gasteiger partial charge in [-0.15, -0.1) is 24.0 Å². The highest BCUT2D eigenvalue weighted by Crippen LogP contribution is 2.14. The van der Waals surface area contributed by atoms with E-state index >= 15 is 0 Å². The fraction of sp³-hybridized carbons (Fsp3) is 0.652. The predicted octanol–water partition coefficient (Wildman–Crippen LogP) is 3.93. The monoisotopic (exact) mass is 546 g/mol. The second-order valence-electron chi connectivity index (χ2n) is 7.60. The van der Waals surface area contributed by atoms with Crippen LogP contribution in [-0.4, -0.2) is 51.4 Å². The molecule has 0 bridgehead atoms. The van der Waals surface area contributed by atoms with Crippen molar-refractivity contribution in [3.63, 3.8) is 0 Å². The molecule has 176 valence electrons. The van der Waals surface area contributed by atoms with Gasteiger partial charge in [0, 0.05) is 51.6 Å². The average Bonchev–Trinajstić information content (AvgIpc) is 2.76. The van der Waals surface area contributed by atoms with Crippen LogP contribution in [0.3, 0.4) is 0 Å². The van der Waals surface area contributed by atoms with Crippen molar-refractivity contribution in [3.8, 4) is 0 Å². The summed E-state index contributed by atoms with van der Waals surface area (Å²) in [7, 11) is 0. The zero-order chi connectivity index (χ0) is 21.4. The molecule has 1 heterocycles. The van der Waals surface area contributed by atoms with Gasteiger partial charge in [0.1, 0.15) is 0 Å². The third kappa shape index (κ3) is 12.3. The Morgan fingerprint density at radius 1 is 1.16 bits per heavy atom. The van der Waals surface area contributed by atoms with E-state index in [4.69, 9.17) is 9.47 Å². The van der Waals surface area contributed by atoms with Crippen molar-refractivity contribution in [2.24, 2.45) is 10.9 Å². The van der Waals surface area contributed by atoms with E-state index in [1.165, 1.54) is 0 Å². The summed E-state index contributed by atoms with van der Waals surface area (Å²) in [5.74, 6) is 1.51. The van der Waals surface area contributed by atoms with Crippen LogP contribution < -0.4 is 16.0 Å². The van der Waals surface area contributed by atoms with Gasteiger partial charge in [-0.3, -0.25) is 4.79 Å². The fourth-order valence-electron chi connectivity index (χ4n) is 3.20. The van der Waals surface area contributed by atoms with Crippen LogP contribution in [0.5, 0.6) is 0 Å². The standard InChI is InChI=1S/C23H38N4O3.HI/c1-3-6-22(28)27-21-9-7-19(8-10-21)17-26-23(24-4-2)25-13-5-14-30-18-20-11-15-29-16-12-20;/h7-10,20H,3-6,11-18H2,1-2H3,(H,27,28)(H2,24,25,26);1H. The predicted molar refractivity (Wildman–Crippen MR) is 137 cm³/mol. The number of amides is 1. The molecule has 1 aliphatic heterocycles. The molecule has 1 amide bonds. The van der Waals surface area contributed by atoms with Gasteiger partial charge in [-0.25, -0.2) is 4.99 Å². The van der Waals surface area contributed by atoms with Crippen molar-refractivity contribution < 1.29 is 14.3 Å². The van der Waals surface area contributed by atoms with Crippen molar-refractivity contribution in [3.05, 3.63) is 29.8 Å². The number of carbonyl (C=O) groups is 1. The summed E-state index contributed by atoms with van der Waals surface area (Å²) in [6.07, 6.45) is 4.56. The van der Waals surface area contributed by atoms with Gasteiger partial charge in [0.15, 0.2) is 5.96 Å². The first-order valence-corrected chi connectivity index (χ1v) is 11.3. The van der Waals surface area contributed by atoms with Crippen molar-refractivity contribution in [2.75, 3.05) is 44.8 Å². The largest absolute Gasteiger partial charge is 0.381 e. The highest BCUT2D eigenvalue weighted by Gasteiger charge is 2.13. The minimum absolute atomic E-state index is 0. The molecular formula is C23H39IN4O3. The van der Waals surface area contributed by atoms with Crippen LogP contribution in [0.1, 0.15) is 51.5 Å². The second-order valence-corrected chi connectivity index (χ2v) is 7.60. The van der Waals surface area contributed by atoms with E-state index < -0.39 is 0 Å². The molecule has 31 heavy (non-hydrogen) atoms. The Labute approximate surface area is 204 Å². The van der Waals surface area contributed by atoms with E-state index in [2.05, 4.69) is 27.9 Å². The van der Waals surface area contributed by atoms with Gasteiger partial charge in [-0.05, 0) is 56.2 Å². The molecule has 2 rings (SSSR count). The molecule has 0 atom stereocenters. The maximum atomic E-state index is 11.7. The number of benzene rings is 1. The minimum atomic E-state index is 0. The lowest BCUT2D eigenvalue weighted by Crippen LogP contribution is -2.38. The van der Waals surface area contributed by atoms with E-state index in [0.29, 0.717) is 18.9 Å². The van der Waals surface area contributed by atoms with Gasteiger partial charge < -0.3 is 25.4 Å². The molecule has 1 fully saturated rings. The molecule has 8 heteroatoms. The summed E-state index contributed by atoms with van der Waals surface area (Å²) >= 11 is 0. The van der Waals surface area contributed by atoms with E-state index in [0.717, 1.165) is 82.4 Å². The number of rotatable bonds is 12. The van der Waals surface area contributed by atoms with Crippen molar-refractivity contribution >= 4 is 41.5 Å². The number of aliphatic imine (C=N–C) groups is 1. The van der Waals surface area contributed by atoms with Crippen LogP contribution in [0.4, 0.5) is 5.69 Å². The molecule has 3 N–H and O–H groups in total. The summed E-state index contributed by atoms with van der Waals surface area (Å²) in [5.41, 5.74) is 1.92. The lowest BCUT2D eigenvalue weighted by atomic mass is 10.0.